The van der Waals surface area contributed by atoms with Gasteiger partial charge < -0.3 is 15.2 Å². The van der Waals surface area contributed by atoms with Crippen LogP contribution in [0.5, 0.6) is 0 Å². The predicted octanol–water partition coefficient (Wildman–Crippen LogP) is 3.75. The zero-order chi connectivity index (χ0) is 19.1. The van der Waals surface area contributed by atoms with E-state index in [0.717, 1.165) is 19.6 Å². The van der Waals surface area contributed by atoms with Crippen LogP contribution in [0.15, 0.2) is 72.2 Å². The average molecular weight is 361 g/mol. The minimum absolute atomic E-state index is 0.579. The van der Waals surface area contributed by atoms with Gasteiger partial charge in [-0.25, -0.2) is 9.98 Å². The van der Waals surface area contributed by atoms with Gasteiger partial charge in [0, 0.05) is 32.0 Å². The third-order valence-electron chi connectivity index (χ3n) is 4.71. The molecule has 0 atom stereocenters. The SMILES string of the molecule is CCN(CC)C(N)=NCc1ccccc1-c1ccc(Cn2ccnc2)cc1. The molecule has 0 aliphatic carbocycles. The molecule has 2 aromatic carbocycles. The monoisotopic (exact) mass is 361 g/mol. The standard InChI is InChI=1S/C22H27N5/c1-3-27(4-2)22(23)25-15-20-7-5-6-8-21(20)19-11-9-18(10-12-19)16-26-14-13-24-17-26/h5-14,17H,3-4,15-16H2,1-2H3,(H2,23,25). The van der Waals surface area contributed by atoms with Crippen LogP contribution in [0, 0.1) is 0 Å². The molecular formula is C22H27N5. The van der Waals surface area contributed by atoms with Gasteiger partial charge >= 0.3 is 0 Å². The van der Waals surface area contributed by atoms with Crippen molar-refractivity contribution in [1.82, 2.24) is 14.5 Å². The molecule has 0 aliphatic heterocycles. The molecule has 140 valence electrons. The molecule has 1 heterocycles. The van der Waals surface area contributed by atoms with Crippen molar-refractivity contribution in [1.29, 1.82) is 0 Å². The van der Waals surface area contributed by atoms with E-state index in [1.165, 1.54) is 22.3 Å². The fourth-order valence-electron chi connectivity index (χ4n) is 3.13. The summed E-state index contributed by atoms with van der Waals surface area (Å²) in [5.41, 5.74) is 10.9. The number of nitrogens with zero attached hydrogens (tertiary/aromatic N) is 4. The molecule has 3 rings (SSSR count). The maximum absolute atomic E-state index is 6.13. The highest BCUT2D eigenvalue weighted by atomic mass is 15.2. The topological polar surface area (TPSA) is 59.4 Å². The number of aromatic nitrogens is 2. The summed E-state index contributed by atoms with van der Waals surface area (Å²) >= 11 is 0. The first kappa shape index (κ1) is 18.7. The van der Waals surface area contributed by atoms with E-state index in [1.54, 1.807) is 6.20 Å². The number of guanidine groups is 1. The molecule has 0 amide bonds. The second-order valence-electron chi connectivity index (χ2n) is 6.44. The minimum atomic E-state index is 0.579. The van der Waals surface area contributed by atoms with Crippen LogP contribution in [0.4, 0.5) is 0 Å². The highest BCUT2D eigenvalue weighted by Gasteiger charge is 2.07. The summed E-state index contributed by atoms with van der Waals surface area (Å²) in [6, 6.07) is 17.0. The number of aliphatic imine (C=N–C) groups is 1. The molecule has 2 N–H and O–H groups in total. The Bertz CT molecular complexity index is 862. The number of nitrogens with two attached hydrogens (primary N) is 1. The molecule has 27 heavy (non-hydrogen) atoms. The van der Waals surface area contributed by atoms with Gasteiger partial charge in [-0.3, -0.25) is 0 Å². The molecule has 5 nitrogen and oxygen atoms in total. The predicted molar refractivity (Wildman–Crippen MR) is 111 cm³/mol. The summed E-state index contributed by atoms with van der Waals surface area (Å²) in [5.74, 6) is 0.602. The second-order valence-corrected chi connectivity index (χ2v) is 6.44. The van der Waals surface area contributed by atoms with Crippen molar-refractivity contribution in [3.8, 4) is 11.1 Å². The number of benzene rings is 2. The quantitative estimate of drug-likeness (QED) is 0.515. The molecule has 5 heteroatoms. The first-order valence-corrected chi connectivity index (χ1v) is 9.39. The van der Waals surface area contributed by atoms with Crippen LogP contribution in [0.2, 0.25) is 0 Å². The summed E-state index contributed by atoms with van der Waals surface area (Å²) in [7, 11) is 0. The van der Waals surface area contributed by atoms with Crippen LogP contribution in [0.1, 0.15) is 25.0 Å². The third-order valence-corrected chi connectivity index (χ3v) is 4.71. The van der Waals surface area contributed by atoms with E-state index >= 15 is 0 Å². The highest BCUT2D eigenvalue weighted by molar-refractivity contribution is 5.78. The van der Waals surface area contributed by atoms with Crippen molar-refractivity contribution in [3.05, 3.63) is 78.4 Å². The fourth-order valence-corrected chi connectivity index (χ4v) is 3.13. The molecule has 0 aliphatic rings. The van der Waals surface area contributed by atoms with Gasteiger partial charge in [0.05, 0.1) is 12.9 Å². The number of hydrogen-bond acceptors (Lipinski definition) is 2. The Morgan fingerprint density at radius 1 is 1.07 bits per heavy atom. The lowest BCUT2D eigenvalue weighted by molar-refractivity contribution is 0.458. The average Bonchev–Trinajstić information content (AvgIpc) is 3.21. The lowest BCUT2D eigenvalue weighted by Crippen LogP contribution is -2.37. The van der Waals surface area contributed by atoms with Gasteiger partial charge in [0.2, 0.25) is 0 Å². The van der Waals surface area contributed by atoms with Crippen molar-refractivity contribution < 1.29 is 0 Å². The van der Waals surface area contributed by atoms with Crippen molar-refractivity contribution in [2.45, 2.75) is 26.9 Å². The largest absolute Gasteiger partial charge is 0.370 e. The number of hydrogen-bond donors (Lipinski definition) is 1. The Hall–Kier alpha value is -3.08. The molecule has 1 aromatic heterocycles. The Morgan fingerprint density at radius 2 is 1.81 bits per heavy atom. The second kappa shape index (κ2) is 9.03. The van der Waals surface area contributed by atoms with Crippen LogP contribution in [0.3, 0.4) is 0 Å². The van der Waals surface area contributed by atoms with Crippen molar-refractivity contribution in [2.75, 3.05) is 13.1 Å². The van der Waals surface area contributed by atoms with E-state index in [-0.39, 0.29) is 0 Å². The summed E-state index contributed by atoms with van der Waals surface area (Å²) in [4.78, 5) is 10.8. The summed E-state index contributed by atoms with van der Waals surface area (Å²) in [5, 5.41) is 0. The van der Waals surface area contributed by atoms with Crippen LogP contribution in [-0.2, 0) is 13.1 Å². The molecule has 0 saturated carbocycles. The van der Waals surface area contributed by atoms with Crippen LogP contribution >= 0.6 is 0 Å². The normalized spacial score (nSPS) is 11.6. The zero-order valence-electron chi connectivity index (χ0n) is 16.0. The van der Waals surface area contributed by atoms with E-state index in [9.17, 15) is 0 Å². The highest BCUT2D eigenvalue weighted by Crippen LogP contribution is 2.25. The number of imidazole rings is 1. The molecule has 0 fully saturated rings. The zero-order valence-corrected chi connectivity index (χ0v) is 16.0. The van der Waals surface area contributed by atoms with Gasteiger partial charge in [0.15, 0.2) is 5.96 Å². The molecule has 3 aromatic rings. The maximum Gasteiger partial charge on any atom is 0.191 e. The molecule has 0 spiro atoms. The molecule has 0 radical (unpaired) electrons. The van der Waals surface area contributed by atoms with E-state index in [1.807, 2.05) is 12.5 Å². The van der Waals surface area contributed by atoms with Crippen LogP contribution in [0.25, 0.3) is 11.1 Å². The first-order chi connectivity index (χ1) is 13.2. The summed E-state index contributed by atoms with van der Waals surface area (Å²) in [6.07, 6.45) is 5.61. The Labute approximate surface area is 161 Å². The van der Waals surface area contributed by atoms with Gasteiger partial charge in [-0.2, -0.15) is 0 Å². The van der Waals surface area contributed by atoms with Gasteiger partial charge in [0.1, 0.15) is 0 Å². The third kappa shape index (κ3) is 4.76. The summed E-state index contributed by atoms with van der Waals surface area (Å²) < 4.78 is 2.06. The Morgan fingerprint density at radius 3 is 2.48 bits per heavy atom. The van der Waals surface area contributed by atoms with Gasteiger partial charge in [-0.1, -0.05) is 48.5 Å². The Kier molecular flexibility index (Phi) is 6.26. The Balaban J connectivity index is 1.78. The van der Waals surface area contributed by atoms with Crippen molar-refractivity contribution in [2.24, 2.45) is 10.7 Å². The van der Waals surface area contributed by atoms with Crippen LogP contribution < -0.4 is 5.73 Å². The lowest BCUT2D eigenvalue weighted by atomic mass is 9.98. The minimum Gasteiger partial charge on any atom is -0.370 e. The maximum atomic E-state index is 6.13. The van der Waals surface area contributed by atoms with E-state index < -0.39 is 0 Å². The summed E-state index contributed by atoms with van der Waals surface area (Å²) in [6.45, 7) is 7.32. The van der Waals surface area contributed by atoms with Gasteiger partial charge in [-0.15, -0.1) is 0 Å². The molecule has 0 bridgehead atoms. The van der Waals surface area contributed by atoms with Gasteiger partial charge in [0.25, 0.3) is 0 Å². The van der Waals surface area contributed by atoms with Crippen molar-refractivity contribution >= 4 is 5.96 Å². The van der Waals surface area contributed by atoms with E-state index in [2.05, 4.69) is 81.8 Å². The van der Waals surface area contributed by atoms with Gasteiger partial charge in [-0.05, 0) is 36.1 Å². The van der Waals surface area contributed by atoms with Crippen LogP contribution in [-0.4, -0.2) is 33.5 Å². The lowest BCUT2D eigenvalue weighted by Gasteiger charge is -2.19. The van der Waals surface area contributed by atoms with E-state index in [0.29, 0.717) is 12.5 Å². The number of rotatable bonds is 7. The fraction of sp³-hybridized carbons (Fsp3) is 0.273. The first-order valence-electron chi connectivity index (χ1n) is 9.39. The molecule has 0 unspecified atom stereocenters. The van der Waals surface area contributed by atoms with E-state index in [4.69, 9.17) is 5.73 Å². The molecular weight excluding hydrogens is 334 g/mol. The smallest absolute Gasteiger partial charge is 0.191 e. The van der Waals surface area contributed by atoms with Crippen molar-refractivity contribution in [3.63, 3.8) is 0 Å². The molecule has 0 saturated heterocycles.